The fraction of sp³-hybridized carbons (Fsp3) is 0.800. The highest BCUT2D eigenvalue weighted by molar-refractivity contribution is 5.79. The maximum atomic E-state index is 12.7. The Morgan fingerprint density at radius 3 is 2.27 bits per heavy atom. The molecule has 6 heteroatoms. The van der Waals surface area contributed by atoms with E-state index in [1.807, 2.05) is 32.8 Å². The topological polar surface area (TPSA) is 69.8 Å². The monoisotopic (exact) mass is 363 g/mol. The van der Waals surface area contributed by atoms with Gasteiger partial charge in [-0.2, -0.15) is 0 Å². The second-order valence-electron chi connectivity index (χ2n) is 8.82. The van der Waals surface area contributed by atoms with Gasteiger partial charge in [0.25, 0.3) is 0 Å². The molecule has 1 spiro atoms. The van der Waals surface area contributed by atoms with Gasteiger partial charge in [0, 0.05) is 25.2 Å². The highest BCUT2D eigenvalue weighted by atomic mass is 16.5. The van der Waals surface area contributed by atoms with E-state index in [0.29, 0.717) is 11.8 Å². The van der Waals surface area contributed by atoms with Crippen LogP contribution in [0, 0.1) is 19.3 Å². The average Bonchev–Trinajstić information content (AvgIpc) is 2.90. The Labute approximate surface area is 156 Å². The quantitative estimate of drug-likeness (QED) is 0.889. The molecule has 1 saturated heterocycles. The van der Waals surface area contributed by atoms with Gasteiger partial charge in [-0.15, -0.1) is 0 Å². The number of nitrogens with zero attached hydrogens (tertiary/aromatic N) is 3. The standard InChI is InChI=1S/C20H33N3O3/c1-15-17(16(2)26-21-15)13-18(24)23-11-9-19(10-12-23)5-7-20(25,8-6-19)14-22(3)4/h25H,5-14H2,1-4H3. The number of rotatable bonds is 4. The summed E-state index contributed by atoms with van der Waals surface area (Å²) in [5.74, 6) is 0.922. The zero-order valence-electron chi connectivity index (χ0n) is 16.7. The molecule has 146 valence electrons. The largest absolute Gasteiger partial charge is 0.389 e. The third kappa shape index (κ3) is 4.12. The summed E-state index contributed by atoms with van der Waals surface area (Å²) in [4.78, 5) is 16.8. The van der Waals surface area contributed by atoms with Crippen molar-refractivity contribution in [2.24, 2.45) is 5.41 Å². The van der Waals surface area contributed by atoms with Crippen molar-refractivity contribution < 1.29 is 14.4 Å². The Morgan fingerprint density at radius 1 is 1.15 bits per heavy atom. The van der Waals surface area contributed by atoms with Gasteiger partial charge in [-0.05, 0) is 71.9 Å². The van der Waals surface area contributed by atoms with Crippen LogP contribution in [0.3, 0.4) is 0 Å². The smallest absolute Gasteiger partial charge is 0.227 e. The maximum Gasteiger partial charge on any atom is 0.227 e. The van der Waals surface area contributed by atoms with Gasteiger partial charge in [-0.3, -0.25) is 4.79 Å². The van der Waals surface area contributed by atoms with Gasteiger partial charge in [0.2, 0.25) is 5.91 Å². The summed E-state index contributed by atoms with van der Waals surface area (Å²) >= 11 is 0. The summed E-state index contributed by atoms with van der Waals surface area (Å²) < 4.78 is 5.17. The van der Waals surface area contributed by atoms with Crippen molar-refractivity contribution >= 4 is 5.91 Å². The van der Waals surface area contributed by atoms with E-state index in [4.69, 9.17) is 4.52 Å². The normalized spacial score (nSPS) is 22.2. The molecule has 2 aliphatic rings. The molecule has 2 fully saturated rings. The Hall–Kier alpha value is -1.40. The number of carbonyl (C=O) groups is 1. The Balaban J connectivity index is 1.52. The first kappa shape index (κ1) is 19.4. The predicted molar refractivity (Wildman–Crippen MR) is 99.9 cm³/mol. The van der Waals surface area contributed by atoms with Crippen LogP contribution >= 0.6 is 0 Å². The third-order valence-electron chi connectivity index (χ3n) is 6.54. The van der Waals surface area contributed by atoms with Crippen LogP contribution in [-0.2, 0) is 11.2 Å². The van der Waals surface area contributed by atoms with Crippen LogP contribution < -0.4 is 0 Å². The Morgan fingerprint density at radius 2 is 1.77 bits per heavy atom. The minimum atomic E-state index is -0.537. The number of aliphatic hydroxyl groups is 1. The van der Waals surface area contributed by atoms with Crippen LogP contribution in [0.25, 0.3) is 0 Å². The number of likely N-dealkylation sites (tertiary alicyclic amines) is 1. The molecular weight excluding hydrogens is 330 g/mol. The van der Waals surface area contributed by atoms with Gasteiger partial charge >= 0.3 is 0 Å². The molecule has 0 radical (unpaired) electrons. The second kappa shape index (κ2) is 7.31. The molecule has 2 heterocycles. The molecule has 1 amide bonds. The first-order valence-electron chi connectivity index (χ1n) is 9.79. The molecular formula is C20H33N3O3. The van der Waals surface area contributed by atoms with Crippen LogP contribution in [0.5, 0.6) is 0 Å². The molecule has 1 aliphatic heterocycles. The second-order valence-corrected chi connectivity index (χ2v) is 8.82. The molecule has 1 N–H and O–H groups in total. The van der Waals surface area contributed by atoms with Crippen molar-refractivity contribution in [3.8, 4) is 0 Å². The SMILES string of the molecule is Cc1noc(C)c1CC(=O)N1CCC2(CC1)CCC(O)(CN(C)C)CC2. The van der Waals surface area contributed by atoms with Crippen molar-refractivity contribution in [2.45, 2.75) is 64.4 Å². The highest BCUT2D eigenvalue weighted by Crippen LogP contribution is 2.47. The minimum Gasteiger partial charge on any atom is -0.389 e. The lowest BCUT2D eigenvalue weighted by atomic mass is 9.64. The van der Waals surface area contributed by atoms with E-state index >= 15 is 0 Å². The van der Waals surface area contributed by atoms with Crippen molar-refractivity contribution in [2.75, 3.05) is 33.7 Å². The first-order chi connectivity index (χ1) is 12.2. The molecule has 6 nitrogen and oxygen atoms in total. The molecule has 1 aromatic heterocycles. The Kier molecular flexibility index (Phi) is 5.45. The van der Waals surface area contributed by atoms with Crippen LogP contribution in [0.4, 0.5) is 0 Å². The van der Waals surface area contributed by atoms with E-state index in [1.54, 1.807) is 0 Å². The third-order valence-corrected chi connectivity index (χ3v) is 6.54. The lowest BCUT2D eigenvalue weighted by molar-refractivity contribution is -0.134. The van der Waals surface area contributed by atoms with Gasteiger partial charge < -0.3 is 19.4 Å². The van der Waals surface area contributed by atoms with Crippen molar-refractivity contribution in [1.82, 2.24) is 15.0 Å². The number of hydrogen-bond acceptors (Lipinski definition) is 5. The van der Waals surface area contributed by atoms with E-state index in [9.17, 15) is 9.90 Å². The van der Waals surface area contributed by atoms with E-state index in [-0.39, 0.29) is 5.91 Å². The fourth-order valence-electron chi connectivity index (χ4n) is 4.74. The average molecular weight is 364 g/mol. The molecule has 0 bridgehead atoms. The minimum absolute atomic E-state index is 0.175. The van der Waals surface area contributed by atoms with E-state index in [0.717, 1.165) is 75.2 Å². The van der Waals surface area contributed by atoms with Crippen molar-refractivity contribution in [3.05, 3.63) is 17.0 Å². The number of piperidine rings is 1. The predicted octanol–water partition coefficient (Wildman–Crippen LogP) is 2.31. The summed E-state index contributed by atoms with van der Waals surface area (Å²) in [5, 5.41) is 14.7. The molecule has 1 aromatic rings. The lowest BCUT2D eigenvalue weighted by Crippen LogP contribution is -2.50. The fourth-order valence-corrected chi connectivity index (χ4v) is 4.74. The van der Waals surface area contributed by atoms with Gasteiger partial charge in [0.05, 0.1) is 17.7 Å². The molecule has 26 heavy (non-hydrogen) atoms. The molecule has 0 atom stereocenters. The number of hydrogen-bond donors (Lipinski definition) is 1. The number of likely N-dealkylation sites (N-methyl/N-ethyl adjacent to an activating group) is 1. The van der Waals surface area contributed by atoms with Crippen LogP contribution in [0.15, 0.2) is 4.52 Å². The van der Waals surface area contributed by atoms with Crippen LogP contribution in [-0.4, -0.2) is 65.3 Å². The van der Waals surface area contributed by atoms with Gasteiger partial charge in [0.15, 0.2) is 0 Å². The molecule has 3 rings (SSSR count). The zero-order valence-corrected chi connectivity index (χ0v) is 16.7. The molecule has 0 unspecified atom stereocenters. The number of aryl methyl sites for hydroxylation is 2. The molecule has 1 saturated carbocycles. The van der Waals surface area contributed by atoms with Crippen molar-refractivity contribution in [3.63, 3.8) is 0 Å². The molecule has 0 aromatic carbocycles. The first-order valence-corrected chi connectivity index (χ1v) is 9.79. The van der Waals surface area contributed by atoms with E-state index < -0.39 is 5.60 Å². The zero-order chi connectivity index (χ0) is 18.9. The Bertz CT molecular complexity index is 615. The molecule has 1 aliphatic carbocycles. The van der Waals surface area contributed by atoms with Gasteiger partial charge in [-0.25, -0.2) is 0 Å². The van der Waals surface area contributed by atoms with E-state index in [2.05, 4.69) is 10.1 Å². The van der Waals surface area contributed by atoms with Crippen molar-refractivity contribution in [1.29, 1.82) is 0 Å². The summed E-state index contributed by atoms with van der Waals surface area (Å²) in [6.45, 7) is 6.15. The highest BCUT2D eigenvalue weighted by Gasteiger charge is 2.43. The number of amides is 1. The van der Waals surface area contributed by atoms with Gasteiger partial charge in [-0.1, -0.05) is 5.16 Å². The number of carbonyl (C=O) groups excluding carboxylic acids is 1. The van der Waals surface area contributed by atoms with Crippen LogP contribution in [0.2, 0.25) is 0 Å². The van der Waals surface area contributed by atoms with Gasteiger partial charge in [0.1, 0.15) is 5.76 Å². The lowest BCUT2D eigenvalue weighted by Gasteiger charge is -2.48. The van der Waals surface area contributed by atoms with Crippen LogP contribution in [0.1, 0.15) is 55.5 Å². The summed E-state index contributed by atoms with van der Waals surface area (Å²) in [6.07, 6.45) is 6.39. The van der Waals surface area contributed by atoms with E-state index in [1.165, 1.54) is 0 Å². The maximum absolute atomic E-state index is 12.7. The summed E-state index contributed by atoms with van der Waals surface area (Å²) in [6, 6.07) is 0. The number of aromatic nitrogens is 1. The summed E-state index contributed by atoms with van der Waals surface area (Å²) in [5.41, 5.74) is 1.53. The summed E-state index contributed by atoms with van der Waals surface area (Å²) in [7, 11) is 4.04.